The maximum Gasteiger partial charge on any atom is 0.164 e. The molecule has 0 spiro atoms. The standard InChI is InChI=1S/C26H21F3N2O/c27-18-3-1-17(2-4-18)26(32)12-14-30-13-11-25-23(16-30)22-15-20(29)7-10-24(22)31(25)21-8-5-19(28)6-9-21/h1-10,15H,11-14,16H2. The number of fused-ring (bicyclic) bond motifs is 3. The summed E-state index contributed by atoms with van der Waals surface area (Å²) in [6.07, 6.45) is 1.06. The lowest BCUT2D eigenvalue weighted by Gasteiger charge is -2.28. The van der Waals surface area contributed by atoms with Crippen LogP contribution in [0.4, 0.5) is 13.2 Å². The molecular formula is C26H21F3N2O. The summed E-state index contributed by atoms with van der Waals surface area (Å²) in [4.78, 5) is 14.7. The van der Waals surface area contributed by atoms with Crippen molar-refractivity contribution in [1.29, 1.82) is 0 Å². The molecule has 0 fully saturated rings. The average Bonchev–Trinajstić information content (AvgIpc) is 3.11. The summed E-state index contributed by atoms with van der Waals surface area (Å²) in [5.74, 6) is -1.01. The summed E-state index contributed by atoms with van der Waals surface area (Å²) in [5.41, 5.74) is 4.33. The lowest BCUT2D eigenvalue weighted by molar-refractivity contribution is 0.0960. The van der Waals surface area contributed by atoms with Crippen molar-refractivity contribution in [3.63, 3.8) is 0 Å². The highest BCUT2D eigenvalue weighted by molar-refractivity contribution is 5.96. The van der Waals surface area contributed by atoms with Crippen LogP contribution < -0.4 is 0 Å². The Bertz CT molecular complexity index is 1290. The maximum atomic E-state index is 14.1. The zero-order valence-corrected chi connectivity index (χ0v) is 17.3. The number of carbonyl (C=O) groups is 1. The molecular weight excluding hydrogens is 413 g/mol. The molecule has 0 bridgehead atoms. The Hall–Kier alpha value is -3.38. The van der Waals surface area contributed by atoms with E-state index in [1.54, 1.807) is 24.3 Å². The first-order valence-corrected chi connectivity index (χ1v) is 10.6. The Balaban J connectivity index is 1.42. The van der Waals surface area contributed by atoms with Gasteiger partial charge in [0.25, 0.3) is 0 Å². The molecule has 1 aromatic heterocycles. The van der Waals surface area contributed by atoms with E-state index in [9.17, 15) is 18.0 Å². The van der Waals surface area contributed by atoms with Crippen LogP contribution in [-0.4, -0.2) is 28.3 Å². The van der Waals surface area contributed by atoms with Crippen LogP contribution in [0.1, 0.15) is 28.0 Å². The van der Waals surface area contributed by atoms with Gasteiger partial charge in [-0.3, -0.25) is 9.69 Å². The van der Waals surface area contributed by atoms with Gasteiger partial charge in [-0.05, 0) is 72.3 Å². The van der Waals surface area contributed by atoms with E-state index in [1.165, 1.54) is 42.5 Å². The normalized spacial score (nSPS) is 14.0. The van der Waals surface area contributed by atoms with Gasteiger partial charge in [0.2, 0.25) is 0 Å². The number of aromatic nitrogens is 1. The largest absolute Gasteiger partial charge is 0.313 e. The highest BCUT2D eigenvalue weighted by atomic mass is 19.1. The van der Waals surface area contributed by atoms with Gasteiger partial charge in [-0.15, -0.1) is 0 Å². The van der Waals surface area contributed by atoms with Crippen molar-refractivity contribution in [1.82, 2.24) is 9.47 Å². The molecule has 6 heteroatoms. The Morgan fingerprint density at radius 2 is 1.50 bits per heavy atom. The average molecular weight is 434 g/mol. The summed E-state index contributed by atoms with van der Waals surface area (Å²) in [6.45, 7) is 1.91. The monoisotopic (exact) mass is 434 g/mol. The third-order valence-electron chi connectivity index (χ3n) is 6.10. The molecule has 2 heterocycles. The van der Waals surface area contributed by atoms with E-state index in [1.807, 2.05) is 0 Å². The summed E-state index contributed by atoms with van der Waals surface area (Å²) >= 11 is 0. The molecule has 0 amide bonds. The second kappa shape index (κ2) is 8.28. The number of hydrogen-bond acceptors (Lipinski definition) is 2. The molecule has 3 aromatic carbocycles. The number of benzene rings is 3. The first-order valence-electron chi connectivity index (χ1n) is 10.6. The Labute approximate surface area is 183 Å². The number of ketones is 1. The zero-order valence-electron chi connectivity index (χ0n) is 17.3. The number of carbonyl (C=O) groups excluding carboxylic acids is 1. The molecule has 0 saturated carbocycles. The lowest BCUT2D eigenvalue weighted by atomic mass is 10.0. The van der Waals surface area contributed by atoms with E-state index in [2.05, 4.69) is 9.47 Å². The highest BCUT2D eigenvalue weighted by Gasteiger charge is 2.25. The molecule has 0 unspecified atom stereocenters. The molecule has 1 aliphatic heterocycles. The van der Waals surface area contributed by atoms with Crippen molar-refractivity contribution < 1.29 is 18.0 Å². The van der Waals surface area contributed by atoms with Crippen molar-refractivity contribution in [3.05, 3.63) is 101 Å². The third-order valence-corrected chi connectivity index (χ3v) is 6.10. The van der Waals surface area contributed by atoms with E-state index in [4.69, 9.17) is 0 Å². The van der Waals surface area contributed by atoms with Crippen molar-refractivity contribution in [2.24, 2.45) is 0 Å². The predicted octanol–water partition coefficient (Wildman–Crippen LogP) is 5.68. The minimum atomic E-state index is -0.366. The molecule has 1 aliphatic rings. The zero-order chi connectivity index (χ0) is 22.2. The Morgan fingerprint density at radius 3 is 2.22 bits per heavy atom. The van der Waals surface area contributed by atoms with Gasteiger partial charge in [-0.1, -0.05) is 0 Å². The van der Waals surface area contributed by atoms with Crippen LogP contribution in [0.5, 0.6) is 0 Å². The fourth-order valence-electron chi connectivity index (χ4n) is 4.50. The SMILES string of the molecule is O=C(CCN1CCc2c(c3cc(F)ccc3n2-c2ccc(F)cc2)C1)c1ccc(F)cc1. The van der Waals surface area contributed by atoms with Gasteiger partial charge < -0.3 is 4.57 Å². The van der Waals surface area contributed by atoms with Crippen LogP contribution in [0.2, 0.25) is 0 Å². The maximum absolute atomic E-state index is 14.1. The molecule has 0 saturated heterocycles. The van der Waals surface area contributed by atoms with Crippen LogP contribution in [-0.2, 0) is 13.0 Å². The second-order valence-corrected chi connectivity index (χ2v) is 8.10. The topological polar surface area (TPSA) is 25.2 Å². The van der Waals surface area contributed by atoms with Crippen LogP contribution in [0.3, 0.4) is 0 Å². The van der Waals surface area contributed by atoms with Gasteiger partial charge in [0.15, 0.2) is 5.78 Å². The van der Waals surface area contributed by atoms with Crippen LogP contribution in [0.15, 0.2) is 66.7 Å². The minimum Gasteiger partial charge on any atom is -0.313 e. The van der Waals surface area contributed by atoms with E-state index in [0.717, 1.165) is 40.8 Å². The third kappa shape index (κ3) is 3.82. The van der Waals surface area contributed by atoms with Crippen LogP contribution in [0.25, 0.3) is 16.6 Å². The first kappa shape index (κ1) is 20.5. The van der Waals surface area contributed by atoms with Crippen LogP contribution >= 0.6 is 0 Å². The molecule has 32 heavy (non-hydrogen) atoms. The molecule has 0 atom stereocenters. The highest BCUT2D eigenvalue weighted by Crippen LogP contribution is 2.34. The van der Waals surface area contributed by atoms with Gasteiger partial charge in [0.1, 0.15) is 17.5 Å². The summed E-state index contributed by atoms with van der Waals surface area (Å²) in [5, 5.41) is 0.832. The second-order valence-electron chi connectivity index (χ2n) is 8.10. The molecule has 0 aliphatic carbocycles. The molecule has 4 aromatic rings. The van der Waals surface area contributed by atoms with Crippen molar-refractivity contribution >= 4 is 16.7 Å². The lowest BCUT2D eigenvalue weighted by Crippen LogP contribution is -2.32. The number of nitrogens with zero attached hydrogens (tertiary/aromatic N) is 2. The van der Waals surface area contributed by atoms with Crippen LogP contribution in [0, 0.1) is 17.5 Å². The van der Waals surface area contributed by atoms with E-state index >= 15 is 0 Å². The fraction of sp³-hybridized carbons (Fsp3) is 0.192. The number of rotatable bonds is 5. The predicted molar refractivity (Wildman–Crippen MR) is 118 cm³/mol. The van der Waals surface area contributed by atoms with E-state index in [0.29, 0.717) is 25.1 Å². The molecule has 3 nitrogen and oxygen atoms in total. The van der Waals surface area contributed by atoms with Crippen molar-refractivity contribution in [2.75, 3.05) is 13.1 Å². The van der Waals surface area contributed by atoms with E-state index < -0.39 is 0 Å². The van der Waals surface area contributed by atoms with Crippen molar-refractivity contribution in [2.45, 2.75) is 19.4 Å². The van der Waals surface area contributed by atoms with Gasteiger partial charge >= 0.3 is 0 Å². The van der Waals surface area contributed by atoms with Gasteiger partial charge in [-0.2, -0.15) is 0 Å². The molecule has 0 N–H and O–H groups in total. The minimum absolute atomic E-state index is 0.0319. The van der Waals surface area contributed by atoms with Gasteiger partial charge in [0.05, 0.1) is 5.52 Å². The smallest absolute Gasteiger partial charge is 0.164 e. The molecule has 5 rings (SSSR count). The number of hydrogen-bond donors (Lipinski definition) is 0. The quantitative estimate of drug-likeness (QED) is 0.378. The van der Waals surface area contributed by atoms with Gasteiger partial charge in [-0.25, -0.2) is 13.2 Å². The van der Waals surface area contributed by atoms with E-state index in [-0.39, 0.29) is 23.2 Å². The number of halogens is 3. The molecule has 162 valence electrons. The molecule has 0 radical (unpaired) electrons. The summed E-state index contributed by atoms with van der Waals surface area (Å²) in [7, 11) is 0. The Morgan fingerprint density at radius 1 is 0.844 bits per heavy atom. The summed E-state index contributed by atoms with van der Waals surface area (Å²) < 4.78 is 42.7. The summed E-state index contributed by atoms with van der Waals surface area (Å²) in [6, 6.07) is 16.6. The Kier molecular flexibility index (Phi) is 5.31. The first-order chi connectivity index (χ1) is 15.5. The van der Waals surface area contributed by atoms with Crippen molar-refractivity contribution in [3.8, 4) is 5.69 Å². The number of Topliss-reactive ketones (excluding diaryl/α,β-unsaturated/α-hetero) is 1. The fourth-order valence-corrected chi connectivity index (χ4v) is 4.50. The van der Waals surface area contributed by atoms with Gasteiger partial charge in [0, 0.05) is 54.8 Å².